The van der Waals surface area contributed by atoms with Crippen molar-refractivity contribution in [1.29, 1.82) is 0 Å². The third kappa shape index (κ3) is 67.1. The van der Waals surface area contributed by atoms with Gasteiger partial charge in [-0.2, -0.15) is 0 Å². The number of hydrogen-bond donors (Lipinski definition) is 1. The van der Waals surface area contributed by atoms with Gasteiger partial charge in [0, 0.05) is 0 Å². The van der Waals surface area contributed by atoms with Gasteiger partial charge in [-0.25, -0.2) is 0 Å². The molecule has 1 N–H and O–H groups in total. The maximum atomic E-state index is 8.63. The van der Waals surface area contributed by atoms with E-state index in [4.69, 9.17) is 14.1 Å². The van der Waals surface area contributed by atoms with Gasteiger partial charge < -0.3 is 14.1 Å². The molecule has 0 unspecified atom stereocenters. The molecular weight excluding hydrogens is 126 g/mol. The van der Waals surface area contributed by atoms with Crippen molar-refractivity contribution in [3.05, 3.63) is 0 Å². The topological polar surface area (TPSA) is 60.4 Å². The Morgan fingerprint density at radius 2 is 1.83 bits per heavy atom. The van der Waals surface area contributed by atoms with Gasteiger partial charge in [0.05, 0.1) is 0 Å². The first-order valence-corrected chi connectivity index (χ1v) is 1.90. The van der Waals surface area contributed by atoms with Crippen LogP contribution in [0.3, 0.4) is 0 Å². The zero-order chi connectivity index (χ0) is 3.58. The summed E-state index contributed by atoms with van der Waals surface area (Å²) in [7, 11) is -3.38. The predicted octanol–water partition coefficient (Wildman–Crippen LogP) is -3.97. The fourth-order valence-electron chi connectivity index (χ4n) is 0. The van der Waals surface area contributed by atoms with Crippen LogP contribution in [0.15, 0.2) is 0 Å². The fourth-order valence-corrected chi connectivity index (χ4v) is 0. The van der Waals surface area contributed by atoms with E-state index in [1.54, 1.807) is 0 Å². The van der Waals surface area contributed by atoms with Gasteiger partial charge in [0.25, 0.3) is 0 Å². The van der Waals surface area contributed by atoms with Crippen LogP contribution in [0.1, 0.15) is 1.43 Å². The molecular formula is H6AlNaO3Si. The summed E-state index contributed by atoms with van der Waals surface area (Å²) in [4.78, 5) is 15.7. The SMILES string of the molecule is O=[Si]([O-])O.[AlH3].[H+].[NaH]. The summed E-state index contributed by atoms with van der Waals surface area (Å²) in [6.07, 6.45) is 0. The average Bonchev–Trinajstić information content (AvgIpc) is 0.811. The first-order valence-electron chi connectivity index (χ1n) is 0.632. The Kier molecular flexibility index (Phi) is 24.8. The number of rotatable bonds is 0. The Balaban J connectivity index is -0.0000000150. The molecule has 0 bridgehead atoms. The van der Waals surface area contributed by atoms with Crippen LogP contribution < -0.4 is 4.80 Å². The van der Waals surface area contributed by atoms with Gasteiger partial charge in [0.15, 0.2) is 17.4 Å². The van der Waals surface area contributed by atoms with Crippen molar-refractivity contribution < 1.29 is 15.5 Å². The second-order valence-electron chi connectivity index (χ2n) is 0.266. The first-order chi connectivity index (χ1) is 1.73. The summed E-state index contributed by atoms with van der Waals surface area (Å²) < 4.78 is 8.63. The molecule has 0 aliphatic rings. The first kappa shape index (κ1) is 15.7. The minimum absolute atomic E-state index is 0. The molecule has 0 atom stereocenters. The van der Waals surface area contributed by atoms with Crippen LogP contribution in [-0.2, 0) is 4.46 Å². The van der Waals surface area contributed by atoms with Crippen LogP contribution in [0, 0.1) is 0 Å². The van der Waals surface area contributed by atoms with Gasteiger partial charge in [-0.3, -0.25) is 0 Å². The monoisotopic (exact) mass is 132 g/mol. The molecule has 0 saturated carbocycles. The van der Waals surface area contributed by atoms with Gasteiger partial charge in [-0.1, -0.05) is 0 Å². The van der Waals surface area contributed by atoms with E-state index in [-0.39, 0.29) is 48.3 Å². The molecule has 0 heterocycles. The van der Waals surface area contributed by atoms with Crippen LogP contribution in [0.25, 0.3) is 0 Å². The predicted molar refractivity (Wildman–Crippen MR) is 26.9 cm³/mol. The average molecular weight is 132 g/mol. The van der Waals surface area contributed by atoms with Crippen LogP contribution in [0.4, 0.5) is 0 Å². The molecule has 0 aliphatic carbocycles. The molecule has 0 fully saturated rings. The summed E-state index contributed by atoms with van der Waals surface area (Å²) in [5.74, 6) is 0. The van der Waals surface area contributed by atoms with E-state index in [1.165, 1.54) is 0 Å². The van der Waals surface area contributed by atoms with Gasteiger partial charge >= 0.3 is 40.2 Å². The second kappa shape index (κ2) is 9.47. The van der Waals surface area contributed by atoms with Gasteiger partial charge in [-0.15, -0.1) is 0 Å². The molecule has 0 aromatic heterocycles. The van der Waals surface area contributed by atoms with Gasteiger partial charge in [-0.05, 0) is 0 Å². The summed E-state index contributed by atoms with van der Waals surface area (Å²) >= 11 is 0. The van der Waals surface area contributed by atoms with E-state index < -0.39 is 9.17 Å². The van der Waals surface area contributed by atoms with E-state index >= 15 is 0 Å². The fraction of sp³-hybridized carbons (Fsp3) is 0. The molecule has 0 rings (SSSR count). The van der Waals surface area contributed by atoms with Crippen molar-refractivity contribution in [2.45, 2.75) is 0 Å². The third-order valence-corrected chi connectivity index (χ3v) is 0. The quantitative estimate of drug-likeness (QED) is 0.342. The zero-order valence-electron chi connectivity index (χ0n) is 2.76. The Morgan fingerprint density at radius 3 is 1.83 bits per heavy atom. The summed E-state index contributed by atoms with van der Waals surface area (Å²) in [6, 6.07) is 0. The van der Waals surface area contributed by atoms with Crippen LogP contribution in [0.5, 0.6) is 0 Å². The number of hydrogen-bond acceptors (Lipinski definition) is 2. The van der Waals surface area contributed by atoms with Crippen molar-refractivity contribution in [1.82, 2.24) is 0 Å². The van der Waals surface area contributed by atoms with Crippen molar-refractivity contribution in [3.8, 4) is 0 Å². The third-order valence-electron chi connectivity index (χ3n) is 0. The molecule has 6 heavy (non-hydrogen) atoms. The molecule has 0 amide bonds. The van der Waals surface area contributed by atoms with Crippen molar-refractivity contribution >= 4 is 56.1 Å². The van der Waals surface area contributed by atoms with E-state index in [0.29, 0.717) is 0 Å². The van der Waals surface area contributed by atoms with Crippen molar-refractivity contribution in [2.24, 2.45) is 0 Å². The Hall–Kier alpha value is 1.15. The zero-order valence-corrected chi connectivity index (χ0v) is 2.76. The molecule has 3 nitrogen and oxygen atoms in total. The molecule has 0 radical (unpaired) electrons. The molecule has 0 saturated heterocycles. The van der Waals surface area contributed by atoms with E-state index in [2.05, 4.69) is 0 Å². The molecule has 6 heteroatoms. The molecule has 32 valence electrons. The summed E-state index contributed by atoms with van der Waals surface area (Å²) in [5, 5.41) is 0. The van der Waals surface area contributed by atoms with Crippen LogP contribution in [-0.4, -0.2) is 60.9 Å². The van der Waals surface area contributed by atoms with Crippen LogP contribution >= 0.6 is 0 Å². The maximum absolute atomic E-state index is 8.63. The van der Waals surface area contributed by atoms with Crippen molar-refractivity contribution in [3.63, 3.8) is 0 Å². The Bertz CT molecular complexity index is 37.9. The minimum atomic E-state index is -3.38. The standard InChI is InChI=1S/Al.Na.HO3Si.4H/c;;1-4(2)3;;;;/h;;1H;;;;/q;;-1;;;;/p+1. The second-order valence-corrected chi connectivity index (χ2v) is 0.798. The summed E-state index contributed by atoms with van der Waals surface area (Å²) in [6.45, 7) is 0. The summed E-state index contributed by atoms with van der Waals surface area (Å²) in [5.41, 5.74) is 0. The van der Waals surface area contributed by atoms with E-state index in [9.17, 15) is 0 Å². The van der Waals surface area contributed by atoms with Gasteiger partial charge in [0.2, 0.25) is 0 Å². The molecule has 0 aromatic carbocycles. The normalized spacial score (nSPS) is 4.00. The van der Waals surface area contributed by atoms with E-state index in [1.807, 2.05) is 0 Å². The Labute approximate surface area is 71.2 Å². The van der Waals surface area contributed by atoms with E-state index in [0.717, 1.165) is 0 Å². The molecule has 0 aliphatic heterocycles. The van der Waals surface area contributed by atoms with Gasteiger partial charge in [0.1, 0.15) is 0 Å². The van der Waals surface area contributed by atoms with Crippen LogP contribution in [0.2, 0.25) is 0 Å². The Morgan fingerprint density at radius 1 is 1.83 bits per heavy atom. The van der Waals surface area contributed by atoms with Crippen molar-refractivity contribution in [2.75, 3.05) is 0 Å². The molecule has 0 aromatic rings. The molecule has 0 spiro atoms.